The van der Waals surface area contributed by atoms with Gasteiger partial charge in [-0.25, -0.2) is 0 Å². The van der Waals surface area contributed by atoms with Crippen LogP contribution in [0.2, 0.25) is 0 Å². The number of carboxylic acids is 1. The molecule has 1 fully saturated rings. The molecule has 0 heterocycles. The number of methoxy groups -OCH3 is 1. The van der Waals surface area contributed by atoms with Crippen LogP contribution < -0.4 is 5.32 Å². The Morgan fingerprint density at radius 3 is 2.64 bits per heavy atom. The lowest BCUT2D eigenvalue weighted by atomic mass is 10.1. The molecule has 0 aromatic rings. The smallest absolute Gasteiger partial charge is 0.320 e. The van der Waals surface area contributed by atoms with Gasteiger partial charge in [0.2, 0.25) is 0 Å². The Hall–Kier alpha value is -0.610. The van der Waals surface area contributed by atoms with Crippen molar-refractivity contribution in [2.45, 2.75) is 38.3 Å². The van der Waals surface area contributed by atoms with Crippen LogP contribution in [0.5, 0.6) is 0 Å². The lowest BCUT2D eigenvalue weighted by molar-refractivity contribution is -0.140. The predicted molar refractivity (Wildman–Crippen MR) is 53.2 cm³/mol. The minimum absolute atomic E-state index is 0.154. The highest BCUT2D eigenvalue weighted by Gasteiger charge is 2.36. The van der Waals surface area contributed by atoms with E-state index in [9.17, 15) is 4.79 Å². The van der Waals surface area contributed by atoms with Crippen molar-refractivity contribution >= 4 is 5.97 Å². The molecule has 82 valence electrons. The lowest BCUT2D eigenvalue weighted by Gasteiger charge is -2.21. The third-order valence-electron chi connectivity index (χ3n) is 2.64. The molecular weight excluding hydrogens is 182 g/mol. The molecule has 4 nitrogen and oxygen atoms in total. The molecule has 1 rings (SSSR count). The summed E-state index contributed by atoms with van der Waals surface area (Å²) >= 11 is 0. The van der Waals surface area contributed by atoms with Crippen molar-refractivity contribution in [1.82, 2.24) is 5.32 Å². The Morgan fingerprint density at radius 2 is 2.29 bits per heavy atom. The van der Waals surface area contributed by atoms with E-state index in [2.05, 4.69) is 5.32 Å². The first kappa shape index (κ1) is 11.5. The second-order valence-electron chi connectivity index (χ2n) is 3.88. The van der Waals surface area contributed by atoms with Gasteiger partial charge in [0.1, 0.15) is 6.04 Å². The minimum Gasteiger partial charge on any atom is -0.480 e. The van der Waals surface area contributed by atoms with Crippen molar-refractivity contribution in [3.63, 3.8) is 0 Å². The highest BCUT2D eigenvalue weighted by molar-refractivity contribution is 5.74. The topological polar surface area (TPSA) is 58.6 Å². The number of aliphatic carboxylic acids is 1. The molecule has 1 aliphatic rings. The molecule has 0 spiro atoms. The Kier molecular flexibility index (Phi) is 4.35. The summed E-state index contributed by atoms with van der Waals surface area (Å²) in [6.07, 6.45) is 2.96. The van der Waals surface area contributed by atoms with Crippen molar-refractivity contribution in [1.29, 1.82) is 0 Å². The third kappa shape index (κ3) is 3.27. The second kappa shape index (κ2) is 5.32. The maximum atomic E-state index is 10.9. The SMILES string of the molecule is CCC(COC)NC(C(=O)O)C1CC1. The molecule has 1 aliphatic carbocycles. The molecule has 0 amide bonds. The summed E-state index contributed by atoms with van der Waals surface area (Å²) in [7, 11) is 1.64. The molecular formula is C10H19NO3. The first-order chi connectivity index (χ1) is 6.69. The largest absolute Gasteiger partial charge is 0.480 e. The van der Waals surface area contributed by atoms with Gasteiger partial charge in [0, 0.05) is 13.2 Å². The van der Waals surface area contributed by atoms with Crippen LogP contribution in [0.4, 0.5) is 0 Å². The van der Waals surface area contributed by atoms with Crippen LogP contribution in [0, 0.1) is 5.92 Å². The number of hydrogen-bond donors (Lipinski definition) is 2. The van der Waals surface area contributed by atoms with Crippen LogP contribution in [0.15, 0.2) is 0 Å². The van der Waals surface area contributed by atoms with Gasteiger partial charge in [0.15, 0.2) is 0 Å². The predicted octanol–water partition coefficient (Wildman–Crippen LogP) is 0.864. The van der Waals surface area contributed by atoms with E-state index in [4.69, 9.17) is 9.84 Å². The zero-order valence-corrected chi connectivity index (χ0v) is 8.82. The van der Waals surface area contributed by atoms with Gasteiger partial charge in [-0.2, -0.15) is 0 Å². The fourth-order valence-corrected chi connectivity index (χ4v) is 1.58. The van der Waals surface area contributed by atoms with E-state index < -0.39 is 5.97 Å². The highest BCUT2D eigenvalue weighted by Crippen LogP contribution is 2.33. The summed E-state index contributed by atoms with van der Waals surface area (Å²) in [5.41, 5.74) is 0. The van der Waals surface area contributed by atoms with Crippen molar-refractivity contribution in [3.8, 4) is 0 Å². The average Bonchev–Trinajstić information content (AvgIpc) is 2.94. The Morgan fingerprint density at radius 1 is 1.64 bits per heavy atom. The van der Waals surface area contributed by atoms with Gasteiger partial charge < -0.3 is 9.84 Å². The molecule has 2 unspecified atom stereocenters. The minimum atomic E-state index is -0.734. The van der Waals surface area contributed by atoms with Crippen LogP contribution in [0.3, 0.4) is 0 Å². The fourth-order valence-electron chi connectivity index (χ4n) is 1.58. The number of ether oxygens (including phenoxy) is 1. The van der Waals surface area contributed by atoms with E-state index in [0.29, 0.717) is 12.5 Å². The maximum absolute atomic E-state index is 10.9. The van der Waals surface area contributed by atoms with Crippen LogP contribution >= 0.6 is 0 Å². The number of carboxylic acid groups (broad SMARTS) is 1. The average molecular weight is 201 g/mol. The van der Waals surface area contributed by atoms with E-state index >= 15 is 0 Å². The second-order valence-corrected chi connectivity index (χ2v) is 3.88. The Balaban J connectivity index is 2.39. The third-order valence-corrected chi connectivity index (χ3v) is 2.64. The van der Waals surface area contributed by atoms with Crippen molar-refractivity contribution in [2.75, 3.05) is 13.7 Å². The van der Waals surface area contributed by atoms with E-state index in [1.54, 1.807) is 7.11 Å². The fraction of sp³-hybridized carbons (Fsp3) is 0.900. The molecule has 0 bridgehead atoms. The van der Waals surface area contributed by atoms with Crippen LogP contribution in [-0.2, 0) is 9.53 Å². The van der Waals surface area contributed by atoms with E-state index in [1.165, 1.54) is 0 Å². The Labute approximate surface area is 84.6 Å². The standard InChI is InChI=1S/C10H19NO3/c1-3-8(6-14-2)11-9(10(12)13)7-4-5-7/h7-9,11H,3-6H2,1-2H3,(H,12,13). The number of hydrogen-bond acceptors (Lipinski definition) is 3. The van der Waals surface area contributed by atoms with E-state index in [0.717, 1.165) is 19.3 Å². The molecule has 4 heteroatoms. The first-order valence-corrected chi connectivity index (χ1v) is 5.16. The number of nitrogens with one attached hydrogen (secondary N) is 1. The molecule has 2 N–H and O–H groups in total. The summed E-state index contributed by atoms with van der Waals surface area (Å²) < 4.78 is 5.02. The van der Waals surface area contributed by atoms with Gasteiger partial charge in [0.25, 0.3) is 0 Å². The molecule has 0 aromatic heterocycles. The summed E-state index contributed by atoms with van der Waals surface area (Å²) in [4.78, 5) is 10.9. The zero-order chi connectivity index (χ0) is 10.6. The maximum Gasteiger partial charge on any atom is 0.320 e. The highest BCUT2D eigenvalue weighted by atomic mass is 16.5. The van der Waals surface area contributed by atoms with Gasteiger partial charge in [-0.1, -0.05) is 6.92 Å². The zero-order valence-electron chi connectivity index (χ0n) is 8.82. The Bertz CT molecular complexity index is 192. The van der Waals surface area contributed by atoms with Crippen LogP contribution in [-0.4, -0.2) is 36.9 Å². The van der Waals surface area contributed by atoms with Gasteiger partial charge >= 0.3 is 5.97 Å². The molecule has 2 atom stereocenters. The first-order valence-electron chi connectivity index (χ1n) is 5.16. The molecule has 0 radical (unpaired) electrons. The van der Waals surface area contributed by atoms with Crippen molar-refractivity contribution in [3.05, 3.63) is 0 Å². The lowest BCUT2D eigenvalue weighted by Crippen LogP contribution is -2.46. The number of rotatable bonds is 7. The summed E-state index contributed by atoms with van der Waals surface area (Å²) in [6, 6.07) is -0.225. The monoisotopic (exact) mass is 201 g/mol. The van der Waals surface area contributed by atoms with Crippen molar-refractivity contribution < 1.29 is 14.6 Å². The van der Waals surface area contributed by atoms with Gasteiger partial charge in [-0.15, -0.1) is 0 Å². The normalized spacial score (nSPS) is 20.4. The van der Waals surface area contributed by atoms with Crippen LogP contribution in [0.1, 0.15) is 26.2 Å². The van der Waals surface area contributed by atoms with Crippen molar-refractivity contribution in [2.24, 2.45) is 5.92 Å². The quantitative estimate of drug-likeness (QED) is 0.641. The molecule has 0 aromatic carbocycles. The van der Waals surface area contributed by atoms with Gasteiger partial charge in [-0.05, 0) is 25.2 Å². The summed E-state index contributed by atoms with van der Waals surface area (Å²) in [6.45, 7) is 2.61. The van der Waals surface area contributed by atoms with Gasteiger partial charge in [0.05, 0.1) is 6.61 Å². The molecule has 1 saturated carbocycles. The van der Waals surface area contributed by atoms with E-state index in [1.807, 2.05) is 6.92 Å². The summed E-state index contributed by atoms with van der Waals surface area (Å²) in [5, 5.41) is 12.1. The molecule has 0 saturated heterocycles. The molecule has 14 heavy (non-hydrogen) atoms. The van der Waals surface area contributed by atoms with Gasteiger partial charge in [-0.3, -0.25) is 10.1 Å². The number of carbonyl (C=O) groups is 1. The van der Waals surface area contributed by atoms with E-state index in [-0.39, 0.29) is 12.1 Å². The molecule has 0 aliphatic heterocycles. The van der Waals surface area contributed by atoms with Crippen LogP contribution in [0.25, 0.3) is 0 Å². The summed E-state index contributed by atoms with van der Waals surface area (Å²) in [5.74, 6) is -0.402.